The van der Waals surface area contributed by atoms with Crippen LogP contribution in [0.4, 0.5) is 0 Å². The number of fused-ring (bicyclic) bond motifs is 1. The van der Waals surface area contributed by atoms with Gasteiger partial charge in [-0.25, -0.2) is 0 Å². The number of aliphatic hydroxyl groups is 1. The average Bonchev–Trinajstić information content (AvgIpc) is 2.29. The van der Waals surface area contributed by atoms with Crippen LogP contribution in [-0.4, -0.2) is 11.7 Å². The van der Waals surface area contributed by atoms with Crippen molar-refractivity contribution in [1.82, 2.24) is 0 Å². The van der Waals surface area contributed by atoms with Gasteiger partial charge < -0.3 is 9.84 Å². The molecule has 0 saturated heterocycles. The van der Waals surface area contributed by atoms with Gasteiger partial charge in [0.2, 0.25) is 0 Å². The van der Waals surface area contributed by atoms with E-state index in [1.807, 2.05) is 0 Å². The minimum atomic E-state index is -0.470. The first-order valence-electron chi connectivity index (χ1n) is 4.48. The number of ether oxygens (including phenoxy) is 1. The highest BCUT2D eigenvalue weighted by Crippen LogP contribution is 2.39. The van der Waals surface area contributed by atoms with E-state index in [1.54, 1.807) is 12.1 Å². The molecule has 0 fully saturated rings. The fourth-order valence-corrected chi connectivity index (χ4v) is 2.53. The zero-order chi connectivity index (χ0) is 10.1. The summed E-state index contributed by atoms with van der Waals surface area (Å²) in [5.74, 6) is 0.722. The lowest BCUT2D eigenvalue weighted by Crippen LogP contribution is -1.97. The third kappa shape index (κ3) is 1.90. The zero-order valence-electron chi connectivity index (χ0n) is 7.46. The van der Waals surface area contributed by atoms with Crippen LogP contribution in [0.2, 0.25) is 5.02 Å². The van der Waals surface area contributed by atoms with Crippen molar-refractivity contribution in [3.63, 3.8) is 0 Å². The van der Waals surface area contributed by atoms with Crippen molar-refractivity contribution in [2.45, 2.75) is 18.9 Å². The average molecular weight is 278 g/mol. The quantitative estimate of drug-likeness (QED) is 0.788. The Balaban J connectivity index is 2.53. The molecule has 2 nitrogen and oxygen atoms in total. The molecule has 0 amide bonds. The second-order valence-electron chi connectivity index (χ2n) is 3.31. The summed E-state index contributed by atoms with van der Waals surface area (Å²) >= 11 is 9.28. The highest BCUT2D eigenvalue weighted by Gasteiger charge is 2.20. The lowest BCUT2D eigenvalue weighted by Gasteiger charge is -2.12. The van der Waals surface area contributed by atoms with Crippen LogP contribution in [0.5, 0.6) is 5.75 Å². The van der Waals surface area contributed by atoms with Crippen molar-refractivity contribution < 1.29 is 9.84 Å². The van der Waals surface area contributed by atoms with Crippen LogP contribution in [0.1, 0.15) is 24.5 Å². The van der Waals surface area contributed by atoms with Crippen molar-refractivity contribution in [2.75, 3.05) is 6.61 Å². The molecule has 76 valence electrons. The minimum Gasteiger partial charge on any atom is -0.492 e. The first-order valence-corrected chi connectivity index (χ1v) is 5.65. The molecule has 1 N–H and O–H groups in total. The minimum absolute atomic E-state index is 0.470. The Hall–Kier alpha value is -0.250. The molecule has 2 rings (SSSR count). The molecule has 1 heterocycles. The Labute approximate surface area is 96.0 Å². The maximum absolute atomic E-state index is 9.83. The first-order chi connectivity index (χ1) is 6.68. The molecule has 0 spiro atoms. The van der Waals surface area contributed by atoms with Crippen molar-refractivity contribution in [3.05, 3.63) is 27.2 Å². The van der Waals surface area contributed by atoms with Crippen molar-refractivity contribution in [2.24, 2.45) is 0 Å². The maximum Gasteiger partial charge on any atom is 0.139 e. The molecule has 1 aromatic carbocycles. The van der Waals surface area contributed by atoms with Gasteiger partial charge in [0.15, 0.2) is 0 Å². The lowest BCUT2D eigenvalue weighted by molar-refractivity contribution is 0.167. The van der Waals surface area contributed by atoms with E-state index in [4.69, 9.17) is 16.3 Å². The molecule has 0 saturated carbocycles. The van der Waals surface area contributed by atoms with E-state index >= 15 is 0 Å². The standard InChI is InChI=1S/C10H10BrClO2/c11-8-5-6(12)4-7-9(13)2-1-3-14-10(7)8/h4-5,9,13H,1-3H2/t9-/m0/s1. The topological polar surface area (TPSA) is 29.5 Å². The first kappa shape index (κ1) is 10.3. The third-order valence-corrected chi connectivity index (χ3v) is 3.07. The van der Waals surface area contributed by atoms with E-state index in [2.05, 4.69) is 15.9 Å². The summed E-state index contributed by atoms with van der Waals surface area (Å²) < 4.78 is 6.35. The fourth-order valence-electron chi connectivity index (χ4n) is 1.59. The van der Waals surface area contributed by atoms with Crippen LogP contribution in [0.3, 0.4) is 0 Å². The van der Waals surface area contributed by atoms with Gasteiger partial charge in [-0.3, -0.25) is 0 Å². The molecule has 4 heteroatoms. The second kappa shape index (κ2) is 4.09. The fraction of sp³-hybridized carbons (Fsp3) is 0.400. The number of hydrogen-bond acceptors (Lipinski definition) is 2. The molecule has 1 aliphatic heterocycles. The van der Waals surface area contributed by atoms with Crippen LogP contribution in [0, 0.1) is 0 Å². The number of hydrogen-bond donors (Lipinski definition) is 1. The molecular formula is C10H10BrClO2. The van der Waals surface area contributed by atoms with Crippen LogP contribution in [0.15, 0.2) is 16.6 Å². The molecule has 1 atom stereocenters. The van der Waals surface area contributed by atoms with E-state index in [0.29, 0.717) is 11.6 Å². The largest absolute Gasteiger partial charge is 0.492 e. The molecule has 0 bridgehead atoms. The molecule has 0 radical (unpaired) electrons. The highest BCUT2D eigenvalue weighted by atomic mass is 79.9. The molecule has 1 aliphatic rings. The third-order valence-electron chi connectivity index (χ3n) is 2.26. The molecule has 14 heavy (non-hydrogen) atoms. The summed E-state index contributed by atoms with van der Waals surface area (Å²) in [6.45, 7) is 0.643. The molecule has 1 aromatic rings. The van der Waals surface area contributed by atoms with Crippen molar-refractivity contribution in [3.8, 4) is 5.75 Å². The molecule has 0 aliphatic carbocycles. The van der Waals surface area contributed by atoms with E-state index in [0.717, 1.165) is 28.6 Å². The summed E-state index contributed by atoms with van der Waals surface area (Å²) in [7, 11) is 0. The van der Waals surface area contributed by atoms with Crippen LogP contribution >= 0.6 is 27.5 Å². The number of rotatable bonds is 0. The van der Waals surface area contributed by atoms with Crippen LogP contribution in [-0.2, 0) is 0 Å². The van der Waals surface area contributed by atoms with Crippen LogP contribution in [0.25, 0.3) is 0 Å². The van der Waals surface area contributed by atoms with E-state index in [1.165, 1.54) is 0 Å². The zero-order valence-corrected chi connectivity index (χ0v) is 9.81. The predicted molar refractivity (Wildman–Crippen MR) is 58.8 cm³/mol. The summed E-state index contributed by atoms with van der Waals surface area (Å²) in [6.07, 6.45) is 1.11. The van der Waals surface area contributed by atoms with Crippen molar-refractivity contribution in [1.29, 1.82) is 0 Å². The van der Waals surface area contributed by atoms with Gasteiger partial charge in [0.1, 0.15) is 5.75 Å². The summed E-state index contributed by atoms with van der Waals surface area (Å²) in [4.78, 5) is 0. The lowest BCUT2D eigenvalue weighted by atomic mass is 10.1. The Bertz CT molecular complexity index is 354. The Morgan fingerprint density at radius 2 is 2.29 bits per heavy atom. The Kier molecular flexibility index (Phi) is 3.00. The predicted octanol–water partition coefficient (Wildman–Crippen LogP) is 3.31. The van der Waals surface area contributed by atoms with E-state index in [9.17, 15) is 5.11 Å². The highest BCUT2D eigenvalue weighted by molar-refractivity contribution is 9.10. The van der Waals surface area contributed by atoms with Gasteiger partial charge in [0.25, 0.3) is 0 Å². The number of aliphatic hydroxyl groups excluding tert-OH is 1. The molecule has 0 unspecified atom stereocenters. The van der Waals surface area contributed by atoms with Crippen molar-refractivity contribution >= 4 is 27.5 Å². The molecular weight excluding hydrogens is 267 g/mol. The van der Waals surface area contributed by atoms with Crippen LogP contribution < -0.4 is 4.74 Å². The second-order valence-corrected chi connectivity index (χ2v) is 4.60. The monoisotopic (exact) mass is 276 g/mol. The number of halogens is 2. The van der Waals surface area contributed by atoms with Gasteiger partial charge in [-0.1, -0.05) is 11.6 Å². The van der Waals surface area contributed by atoms with Gasteiger partial charge in [0.05, 0.1) is 17.2 Å². The summed E-state index contributed by atoms with van der Waals surface area (Å²) in [5, 5.41) is 10.4. The Morgan fingerprint density at radius 1 is 1.50 bits per heavy atom. The van der Waals surface area contributed by atoms with E-state index in [-0.39, 0.29) is 0 Å². The Morgan fingerprint density at radius 3 is 3.07 bits per heavy atom. The van der Waals surface area contributed by atoms with Gasteiger partial charge in [0, 0.05) is 10.6 Å². The van der Waals surface area contributed by atoms with Gasteiger partial charge in [-0.2, -0.15) is 0 Å². The van der Waals surface area contributed by atoms with E-state index < -0.39 is 6.10 Å². The van der Waals surface area contributed by atoms with Gasteiger partial charge >= 0.3 is 0 Å². The van der Waals surface area contributed by atoms with Gasteiger partial charge in [-0.15, -0.1) is 0 Å². The van der Waals surface area contributed by atoms with Gasteiger partial charge in [-0.05, 0) is 40.9 Å². The molecule has 0 aromatic heterocycles. The number of benzene rings is 1. The maximum atomic E-state index is 9.83. The summed E-state index contributed by atoms with van der Waals surface area (Å²) in [5.41, 5.74) is 0.780. The smallest absolute Gasteiger partial charge is 0.139 e. The summed E-state index contributed by atoms with van der Waals surface area (Å²) in [6, 6.07) is 3.54. The normalized spacial score (nSPS) is 20.9. The SMILES string of the molecule is O[C@H]1CCCOc2c(Br)cc(Cl)cc21.